The predicted molar refractivity (Wildman–Crippen MR) is 106 cm³/mol. The van der Waals surface area contributed by atoms with E-state index in [0.717, 1.165) is 37.0 Å². The number of benzene rings is 2. The summed E-state index contributed by atoms with van der Waals surface area (Å²) < 4.78 is 0. The Balaban J connectivity index is 1.93. The molecule has 0 saturated heterocycles. The van der Waals surface area contributed by atoms with Crippen LogP contribution in [0.5, 0.6) is 0 Å². The Bertz CT molecular complexity index is 1030. The van der Waals surface area contributed by atoms with Crippen molar-refractivity contribution in [3.05, 3.63) is 65.9 Å². The fourth-order valence-corrected chi connectivity index (χ4v) is 3.61. The van der Waals surface area contributed by atoms with Gasteiger partial charge in [-0.15, -0.1) is 0 Å². The van der Waals surface area contributed by atoms with Gasteiger partial charge in [-0.2, -0.15) is 0 Å². The molecule has 0 aliphatic carbocycles. The van der Waals surface area contributed by atoms with Crippen LogP contribution in [0.4, 0.5) is 0 Å². The van der Waals surface area contributed by atoms with E-state index in [2.05, 4.69) is 59.6 Å². The summed E-state index contributed by atoms with van der Waals surface area (Å²) in [7, 11) is 0. The summed E-state index contributed by atoms with van der Waals surface area (Å²) in [5.41, 5.74) is 12.8. The molecule has 0 aliphatic rings. The van der Waals surface area contributed by atoms with E-state index in [1.54, 1.807) is 0 Å². The molecule has 0 radical (unpaired) electrons. The number of para-hydroxylation sites is 1. The van der Waals surface area contributed by atoms with Crippen LogP contribution >= 0.6 is 0 Å². The van der Waals surface area contributed by atoms with Gasteiger partial charge < -0.3 is 10.7 Å². The lowest BCUT2D eigenvalue weighted by Gasteiger charge is -2.09. The van der Waals surface area contributed by atoms with Gasteiger partial charge in [0.2, 0.25) is 0 Å². The first-order valence-corrected chi connectivity index (χ1v) is 8.94. The van der Waals surface area contributed by atoms with Crippen LogP contribution in [0.15, 0.2) is 54.6 Å². The molecule has 0 saturated carbocycles. The summed E-state index contributed by atoms with van der Waals surface area (Å²) in [6.45, 7) is 2.78. The molecule has 4 aromatic rings. The van der Waals surface area contributed by atoms with Crippen molar-refractivity contribution in [3.8, 4) is 11.3 Å². The molecule has 0 fully saturated rings. The van der Waals surface area contributed by atoms with E-state index in [-0.39, 0.29) is 0 Å². The third-order valence-corrected chi connectivity index (χ3v) is 4.83. The first-order chi connectivity index (χ1) is 12.3. The van der Waals surface area contributed by atoms with Gasteiger partial charge in [0.1, 0.15) is 0 Å². The molecule has 2 aromatic heterocycles. The fourth-order valence-electron chi connectivity index (χ4n) is 3.61. The van der Waals surface area contributed by atoms with Crippen molar-refractivity contribution < 1.29 is 0 Å². The van der Waals surface area contributed by atoms with Crippen molar-refractivity contribution in [2.45, 2.75) is 26.2 Å². The van der Waals surface area contributed by atoms with Gasteiger partial charge in [0, 0.05) is 27.5 Å². The zero-order chi connectivity index (χ0) is 17.2. The van der Waals surface area contributed by atoms with Crippen molar-refractivity contribution in [1.29, 1.82) is 0 Å². The van der Waals surface area contributed by atoms with E-state index < -0.39 is 0 Å². The molecular weight excluding hydrogens is 306 g/mol. The van der Waals surface area contributed by atoms with Gasteiger partial charge in [0.25, 0.3) is 0 Å². The number of hydrogen-bond acceptors (Lipinski definition) is 2. The Morgan fingerprint density at radius 1 is 0.920 bits per heavy atom. The molecule has 4 rings (SSSR count). The number of rotatable bonds is 5. The average Bonchev–Trinajstić information content (AvgIpc) is 3.00. The van der Waals surface area contributed by atoms with Crippen molar-refractivity contribution in [3.63, 3.8) is 0 Å². The SMILES string of the molecule is Cc1ccc2c(-c3[nH]c4ccccc4c3CCCCN)cccc2n1. The minimum absolute atomic E-state index is 0.745. The number of hydrogen-bond donors (Lipinski definition) is 2. The summed E-state index contributed by atoms with van der Waals surface area (Å²) in [5.74, 6) is 0. The van der Waals surface area contributed by atoms with Crippen LogP contribution in [0.1, 0.15) is 24.1 Å². The van der Waals surface area contributed by atoms with Crippen LogP contribution in [-0.2, 0) is 6.42 Å². The van der Waals surface area contributed by atoms with E-state index in [1.807, 2.05) is 6.92 Å². The molecule has 0 unspecified atom stereocenters. The van der Waals surface area contributed by atoms with E-state index >= 15 is 0 Å². The lowest BCUT2D eigenvalue weighted by Crippen LogP contribution is -1.99. The van der Waals surface area contributed by atoms with Gasteiger partial charge in [0.15, 0.2) is 0 Å². The van der Waals surface area contributed by atoms with Crippen LogP contribution in [0.25, 0.3) is 33.1 Å². The molecule has 3 N–H and O–H groups in total. The Labute approximate surface area is 147 Å². The second-order valence-electron chi connectivity index (χ2n) is 6.59. The van der Waals surface area contributed by atoms with Crippen LogP contribution in [0.2, 0.25) is 0 Å². The summed E-state index contributed by atoms with van der Waals surface area (Å²) in [6, 6.07) is 19.2. The van der Waals surface area contributed by atoms with E-state index in [1.165, 1.54) is 33.1 Å². The molecule has 126 valence electrons. The van der Waals surface area contributed by atoms with Gasteiger partial charge in [-0.25, -0.2) is 0 Å². The number of nitrogens with two attached hydrogens (primary N) is 1. The van der Waals surface area contributed by atoms with Crippen molar-refractivity contribution in [2.24, 2.45) is 5.73 Å². The Hall–Kier alpha value is -2.65. The number of aromatic nitrogens is 2. The maximum Gasteiger partial charge on any atom is 0.0711 e. The minimum atomic E-state index is 0.745. The Morgan fingerprint density at radius 2 is 1.80 bits per heavy atom. The zero-order valence-corrected chi connectivity index (χ0v) is 14.5. The number of nitrogens with zero attached hydrogens (tertiary/aromatic N) is 1. The van der Waals surface area contributed by atoms with Gasteiger partial charge in [0.05, 0.1) is 11.2 Å². The maximum absolute atomic E-state index is 5.70. The maximum atomic E-state index is 5.70. The average molecular weight is 329 g/mol. The summed E-state index contributed by atoms with van der Waals surface area (Å²) in [5, 5.41) is 2.51. The summed E-state index contributed by atoms with van der Waals surface area (Å²) >= 11 is 0. The first-order valence-electron chi connectivity index (χ1n) is 8.94. The number of fused-ring (bicyclic) bond motifs is 2. The van der Waals surface area contributed by atoms with Gasteiger partial charge in [-0.05, 0) is 56.5 Å². The highest BCUT2D eigenvalue weighted by Crippen LogP contribution is 2.35. The molecule has 0 amide bonds. The smallest absolute Gasteiger partial charge is 0.0711 e. The molecule has 0 atom stereocenters. The first kappa shape index (κ1) is 15.9. The van der Waals surface area contributed by atoms with Gasteiger partial charge in [-0.3, -0.25) is 4.98 Å². The van der Waals surface area contributed by atoms with Crippen LogP contribution in [0.3, 0.4) is 0 Å². The number of H-pyrrole nitrogens is 1. The summed E-state index contributed by atoms with van der Waals surface area (Å²) in [6.07, 6.45) is 3.19. The number of pyridine rings is 1. The third-order valence-electron chi connectivity index (χ3n) is 4.83. The lowest BCUT2D eigenvalue weighted by molar-refractivity contribution is 0.748. The molecule has 3 nitrogen and oxygen atoms in total. The molecule has 2 aromatic carbocycles. The van der Waals surface area contributed by atoms with Crippen LogP contribution in [-0.4, -0.2) is 16.5 Å². The molecule has 2 heterocycles. The molecule has 0 spiro atoms. The minimum Gasteiger partial charge on any atom is -0.354 e. The predicted octanol–water partition coefficient (Wildman–Crippen LogP) is 4.97. The Morgan fingerprint density at radius 3 is 2.68 bits per heavy atom. The zero-order valence-electron chi connectivity index (χ0n) is 14.5. The fraction of sp³-hybridized carbons (Fsp3) is 0.227. The summed E-state index contributed by atoms with van der Waals surface area (Å²) in [4.78, 5) is 8.35. The molecule has 3 heteroatoms. The van der Waals surface area contributed by atoms with Crippen molar-refractivity contribution in [1.82, 2.24) is 9.97 Å². The highest BCUT2D eigenvalue weighted by Gasteiger charge is 2.15. The third kappa shape index (κ3) is 2.92. The highest BCUT2D eigenvalue weighted by molar-refractivity contribution is 5.99. The van der Waals surface area contributed by atoms with Gasteiger partial charge in [-0.1, -0.05) is 36.4 Å². The molecular formula is C22H23N3. The van der Waals surface area contributed by atoms with Crippen LogP contribution < -0.4 is 5.73 Å². The number of aromatic amines is 1. The quantitative estimate of drug-likeness (QED) is 0.508. The van der Waals surface area contributed by atoms with Gasteiger partial charge >= 0.3 is 0 Å². The number of unbranched alkanes of at least 4 members (excludes halogenated alkanes) is 1. The van der Waals surface area contributed by atoms with E-state index in [0.29, 0.717) is 0 Å². The number of aryl methyl sites for hydroxylation is 2. The van der Waals surface area contributed by atoms with Crippen molar-refractivity contribution >= 4 is 21.8 Å². The molecule has 25 heavy (non-hydrogen) atoms. The monoisotopic (exact) mass is 329 g/mol. The van der Waals surface area contributed by atoms with E-state index in [4.69, 9.17) is 10.7 Å². The Kier molecular flexibility index (Phi) is 4.24. The normalized spacial score (nSPS) is 11.4. The largest absolute Gasteiger partial charge is 0.354 e. The number of nitrogens with one attached hydrogen (secondary N) is 1. The molecule has 0 bridgehead atoms. The van der Waals surface area contributed by atoms with Crippen LogP contribution in [0, 0.1) is 6.92 Å². The second kappa shape index (κ2) is 6.69. The topological polar surface area (TPSA) is 54.7 Å². The highest BCUT2D eigenvalue weighted by atomic mass is 14.7. The standard InChI is InChI=1S/C22H23N3/c1-15-12-13-17-19(9-6-11-20(17)24-15)22-18(8-4-5-14-23)16-7-2-3-10-21(16)25-22/h2-3,6-7,9-13,25H,4-5,8,14,23H2,1H3. The second-order valence-corrected chi connectivity index (χ2v) is 6.59. The van der Waals surface area contributed by atoms with E-state index in [9.17, 15) is 0 Å². The lowest BCUT2D eigenvalue weighted by atomic mass is 9.97. The molecule has 0 aliphatic heterocycles. The van der Waals surface area contributed by atoms with Crippen molar-refractivity contribution in [2.75, 3.05) is 6.54 Å².